The SMILES string of the molecule is Cc1cc(C2=NOC(c3cc(Cl)c(Cl)c(Cl)c3)(C(F)(F)F)C2)oc1C(N)=O. The third kappa shape index (κ3) is 3.26. The number of carbonyl (C=O) groups is 1. The third-order valence-electron chi connectivity index (χ3n) is 4.06. The number of primary amides is 1. The lowest BCUT2D eigenvalue weighted by atomic mass is 9.87. The predicted molar refractivity (Wildman–Crippen MR) is 93.4 cm³/mol. The van der Waals surface area contributed by atoms with Crippen LogP contribution in [0.2, 0.25) is 15.1 Å². The maximum absolute atomic E-state index is 13.9. The van der Waals surface area contributed by atoms with Crippen LogP contribution in [-0.4, -0.2) is 17.8 Å². The van der Waals surface area contributed by atoms with Gasteiger partial charge in [0.15, 0.2) is 11.5 Å². The zero-order valence-corrected chi connectivity index (χ0v) is 15.7. The van der Waals surface area contributed by atoms with Crippen LogP contribution in [0.4, 0.5) is 13.2 Å². The van der Waals surface area contributed by atoms with Crippen molar-refractivity contribution in [2.45, 2.75) is 25.1 Å². The Hall–Kier alpha value is -1.90. The summed E-state index contributed by atoms with van der Waals surface area (Å²) in [6, 6.07) is 3.39. The summed E-state index contributed by atoms with van der Waals surface area (Å²) in [6.07, 6.45) is -5.59. The Bertz CT molecular complexity index is 949. The molecule has 1 unspecified atom stereocenters. The lowest BCUT2D eigenvalue weighted by molar-refractivity contribution is -0.275. The molecule has 1 aliphatic heterocycles. The highest BCUT2D eigenvalue weighted by Gasteiger charge is 2.62. The molecule has 0 spiro atoms. The number of rotatable bonds is 3. The molecule has 5 nitrogen and oxygen atoms in total. The Labute approximate surface area is 165 Å². The van der Waals surface area contributed by atoms with Crippen LogP contribution in [0.3, 0.4) is 0 Å². The van der Waals surface area contributed by atoms with Gasteiger partial charge in [-0.1, -0.05) is 40.0 Å². The first-order valence-electron chi connectivity index (χ1n) is 7.33. The van der Waals surface area contributed by atoms with Gasteiger partial charge in [0, 0.05) is 11.1 Å². The van der Waals surface area contributed by atoms with E-state index in [1.54, 1.807) is 0 Å². The van der Waals surface area contributed by atoms with Crippen LogP contribution in [0.15, 0.2) is 27.8 Å². The number of alkyl halides is 3. The number of hydrogen-bond acceptors (Lipinski definition) is 4. The molecule has 1 aromatic heterocycles. The summed E-state index contributed by atoms with van der Waals surface area (Å²) in [5.74, 6) is -1.08. The Morgan fingerprint density at radius 1 is 1.22 bits per heavy atom. The molecule has 1 amide bonds. The van der Waals surface area contributed by atoms with Gasteiger partial charge >= 0.3 is 6.18 Å². The van der Waals surface area contributed by atoms with E-state index in [4.69, 9.17) is 49.8 Å². The monoisotopic (exact) mass is 440 g/mol. The highest BCUT2D eigenvalue weighted by atomic mass is 35.5. The molecule has 0 bridgehead atoms. The van der Waals surface area contributed by atoms with E-state index in [9.17, 15) is 18.0 Å². The molecule has 144 valence electrons. The lowest BCUT2D eigenvalue weighted by Crippen LogP contribution is -2.42. The molecule has 11 heteroatoms. The molecule has 0 saturated carbocycles. The van der Waals surface area contributed by atoms with Gasteiger partial charge in [0.1, 0.15) is 5.71 Å². The van der Waals surface area contributed by atoms with E-state index in [-0.39, 0.29) is 37.9 Å². The van der Waals surface area contributed by atoms with Crippen LogP contribution in [0.1, 0.15) is 33.9 Å². The van der Waals surface area contributed by atoms with E-state index < -0.39 is 24.1 Å². The van der Waals surface area contributed by atoms with Gasteiger partial charge in [-0.15, -0.1) is 0 Å². The second-order valence-corrected chi connectivity index (χ2v) is 7.06. The minimum absolute atomic E-state index is 0.0569. The number of benzene rings is 1. The van der Waals surface area contributed by atoms with Crippen molar-refractivity contribution in [3.05, 3.63) is 55.9 Å². The van der Waals surface area contributed by atoms with E-state index in [0.29, 0.717) is 5.56 Å². The van der Waals surface area contributed by atoms with E-state index in [0.717, 1.165) is 12.1 Å². The van der Waals surface area contributed by atoms with E-state index in [1.165, 1.54) is 13.0 Å². The van der Waals surface area contributed by atoms with Crippen LogP contribution in [0, 0.1) is 6.92 Å². The molecule has 1 aliphatic rings. The molecule has 0 saturated heterocycles. The van der Waals surface area contributed by atoms with Gasteiger partial charge in [0.25, 0.3) is 11.5 Å². The quantitative estimate of drug-likeness (QED) is 0.663. The van der Waals surface area contributed by atoms with E-state index in [2.05, 4.69) is 5.16 Å². The minimum atomic E-state index is -4.87. The van der Waals surface area contributed by atoms with Gasteiger partial charge in [-0.25, -0.2) is 0 Å². The molecule has 2 heterocycles. The summed E-state index contributed by atoms with van der Waals surface area (Å²) in [4.78, 5) is 16.1. The Morgan fingerprint density at radius 2 is 1.81 bits per heavy atom. The van der Waals surface area contributed by atoms with Gasteiger partial charge in [-0.2, -0.15) is 13.2 Å². The maximum Gasteiger partial charge on any atom is 0.435 e. The fourth-order valence-corrected chi connectivity index (χ4v) is 3.29. The first-order chi connectivity index (χ1) is 12.5. The maximum atomic E-state index is 13.9. The molecular weight excluding hydrogens is 432 g/mol. The Balaban J connectivity index is 2.06. The summed E-state index contributed by atoms with van der Waals surface area (Å²) in [5, 5.41) is 3.13. The minimum Gasteiger partial charge on any atom is -0.449 e. The van der Waals surface area contributed by atoms with Crippen LogP contribution in [0.25, 0.3) is 0 Å². The molecule has 0 aliphatic carbocycles. The molecule has 0 fully saturated rings. The normalized spacial score (nSPS) is 19.7. The number of amides is 1. The van der Waals surface area contributed by atoms with Crippen LogP contribution >= 0.6 is 34.8 Å². The number of furan rings is 1. The van der Waals surface area contributed by atoms with Gasteiger partial charge < -0.3 is 15.0 Å². The van der Waals surface area contributed by atoms with Crippen molar-refractivity contribution in [3.8, 4) is 0 Å². The number of aryl methyl sites for hydroxylation is 1. The van der Waals surface area contributed by atoms with Gasteiger partial charge in [-0.3, -0.25) is 4.79 Å². The second-order valence-electron chi connectivity index (χ2n) is 5.87. The average molecular weight is 442 g/mol. The summed E-state index contributed by atoms with van der Waals surface area (Å²) < 4.78 is 47.1. The number of nitrogens with zero attached hydrogens (tertiary/aromatic N) is 1. The van der Waals surface area contributed by atoms with Gasteiger partial charge in [-0.05, 0) is 25.1 Å². The first kappa shape index (κ1) is 19.9. The third-order valence-corrected chi connectivity index (χ3v) is 5.26. The van der Waals surface area contributed by atoms with Crippen molar-refractivity contribution in [2.24, 2.45) is 10.9 Å². The molecule has 1 aromatic carbocycles. The van der Waals surface area contributed by atoms with Crippen molar-refractivity contribution >= 4 is 46.4 Å². The first-order valence-corrected chi connectivity index (χ1v) is 8.47. The van der Waals surface area contributed by atoms with E-state index in [1.807, 2.05) is 0 Å². The fourth-order valence-electron chi connectivity index (χ4n) is 2.69. The van der Waals surface area contributed by atoms with E-state index >= 15 is 0 Å². The average Bonchev–Trinajstić information content (AvgIpc) is 3.16. The van der Waals surface area contributed by atoms with Gasteiger partial charge in [0.2, 0.25) is 0 Å². The smallest absolute Gasteiger partial charge is 0.435 e. The lowest BCUT2D eigenvalue weighted by Gasteiger charge is -2.29. The number of oxime groups is 1. The molecule has 27 heavy (non-hydrogen) atoms. The highest BCUT2D eigenvalue weighted by molar-refractivity contribution is 6.48. The summed E-state index contributed by atoms with van der Waals surface area (Å²) in [7, 11) is 0. The van der Waals surface area contributed by atoms with Crippen molar-refractivity contribution in [1.82, 2.24) is 0 Å². The zero-order valence-electron chi connectivity index (χ0n) is 13.5. The number of halogens is 6. The van der Waals surface area contributed by atoms with Crippen molar-refractivity contribution < 1.29 is 27.2 Å². The van der Waals surface area contributed by atoms with Crippen molar-refractivity contribution in [3.63, 3.8) is 0 Å². The Morgan fingerprint density at radius 3 is 2.30 bits per heavy atom. The molecule has 3 rings (SSSR count). The summed E-state index contributed by atoms with van der Waals surface area (Å²) in [5.41, 5.74) is 2.17. The molecule has 2 N–H and O–H groups in total. The van der Waals surface area contributed by atoms with Crippen LogP contribution in [0.5, 0.6) is 0 Å². The number of hydrogen-bond donors (Lipinski definition) is 1. The molecule has 2 aromatic rings. The summed E-state index contributed by atoms with van der Waals surface area (Å²) >= 11 is 17.6. The standard InChI is InChI=1S/C16H10Cl3F3N2O3/c1-6-2-11(26-13(6)14(23)25)10-5-15(27-24-10,16(20,21)22)7-3-8(17)12(19)9(18)4-7/h2-4H,5H2,1H3,(H2,23,25). The second kappa shape index (κ2) is 6.61. The van der Waals surface area contributed by atoms with Crippen molar-refractivity contribution in [2.75, 3.05) is 0 Å². The fraction of sp³-hybridized carbons (Fsp3) is 0.250. The van der Waals surface area contributed by atoms with Gasteiger partial charge in [0.05, 0.1) is 21.5 Å². The van der Waals surface area contributed by atoms with Crippen LogP contribution < -0.4 is 5.73 Å². The number of carbonyl (C=O) groups excluding carboxylic acids is 1. The van der Waals surface area contributed by atoms with Crippen LogP contribution in [-0.2, 0) is 10.4 Å². The zero-order chi connectivity index (χ0) is 20.1. The largest absolute Gasteiger partial charge is 0.449 e. The Kier molecular flexibility index (Phi) is 4.86. The topological polar surface area (TPSA) is 77.8 Å². The highest BCUT2D eigenvalue weighted by Crippen LogP contribution is 2.50. The predicted octanol–water partition coefficient (Wildman–Crippen LogP) is 5.23. The van der Waals surface area contributed by atoms with Crippen molar-refractivity contribution in [1.29, 1.82) is 0 Å². The molecule has 1 atom stereocenters. The number of nitrogens with two attached hydrogens (primary N) is 1. The molecule has 0 radical (unpaired) electrons. The molecular formula is C16H10Cl3F3N2O3. The summed E-state index contributed by atoms with van der Waals surface area (Å²) in [6.45, 7) is 1.53.